The van der Waals surface area contributed by atoms with Gasteiger partial charge >= 0.3 is 0 Å². The zero-order valence-corrected chi connectivity index (χ0v) is 22.4. The lowest BCUT2D eigenvalue weighted by Gasteiger charge is -2.35. The molecule has 190 valence electrons. The van der Waals surface area contributed by atoms with Crippen LogP contribution in [0, 0.1) is 0 Å². The van der Waals surface area contributed by atoms with E-state index in [9.17, 15) is 9.59 Å². The Bertz CT molecular complexity index is 1350. The predicted molar refractivity (Wildman–Crippen MR) is 151 cm³/mol. The van der Waals surface area contributed by atoms with E-state index in [4.69, 9.17) is 23.2 Å². The molecule has 4 nitrogen and oxygen atoms in total. The van der Waals surface area contributed by atoms with Crippen LogP contribution >= 0.6 is 23.2 Å². The molecule has 0 radical (unpaired) electrons. The molecule has 0 aromatic heterocycles. The number of nitrogens with zero attached hydrogens (tertiary/aromatic N) is 1. The molecule has 0 fully saturated rings. The van der Waals surface area contributed by atoms with Crippen LogP contribution in [0.25, 0.3) is 0 Å². The van der Waals surface area contributed by atoms with E-state index < -0.39 is 6.04 Å². The summed E-state index contributed by atoms with van der Waals surface area (Å²) in [6, 6.07) is 22.5. The van der Waals surface area contributed by atoms with E-state index in [2.05, 4.69) is 12.2 Å². The lowest BCUT2D eigenvalue weighted by molar-refractivity contribution is -0.119. The van der Waals surface area contributed by atoms with Gasteiger partial charge in [-0.15, -0.1) is 0 Å². The maximum atomic E-state index is 14.0. The lowest BCUT2D eigenvalue weighted by Crippen LogP contribution is -2.38. The fraction of sp³-hybridized carbons (Fsp3) is 0.290. The molecule has 6 heteroatoms. The first-order chi connectivity index (χ1) is 18.0. The summed E-state index contributed by atoms with van der Waals surface area (Å²) in [4.78, 5) is 29.7. The third-order valence-electron chi connectivity index (χ3n) is 7.26. The monoisotopic (exact) mass is 532 g/mol. The highest BCUT2D eigenvalue weighted by atomic mass is 35.5. The standard InChI is InChI=1S/C31H30Cl2N2O2/c1-2-3-4-12-29(37)35-27-11-6-5-10-25(27)34-26-18-22(20-13-15-23(32)16-14-20)19-28(36)30(26)31(35)21-8-7-9-24(33)17-21/h5-11,13-17,22,31,34H,2-4,12,18-19H2,1H3/t22-,31-/m1/s1. The first kappa shape index (κ1) is 25.6. The van der Waals surface area contributed by atoms with E-state index >= 15 is 0 Å². The van der Waals surface area contributed by atoms with Crippen molar-refractivity contribution in [1.29, 1.82) is 0 Å². The van der Waals surface area contributed by atoms with Crippen molar-refractivity contribution < 1.29 is 9.59 Å². The largest absolute Gasteiger partial charge is 0.357 e. The third kappa shape index (κ3) is 5.32. The minimum absolute atomic E-state index is 0.00838. The molecule has 2 atom stereocenters. The normalized spacial score (nSPS) is 19.1. The topological polar surface area (TPSA) is 49.4 Å². The molecule has 0 spiro atoms. The molecule has 5 rings (SSSR count). The molecular weight excluding hydrogens is 503 g/mol. The van der Waals surface area contributed by atoms with Gasteiger partial charge in [0.15, 0.2) is 5.78 Å². The fourth-order valence-electron chi connectivity index (χ4n) is 5.47. The van der Waals surface area contributed by atoms with Crippen LogP contribution in [0.5, 0.6) is 0 Å². The van der Waals surface area contributed by atoms with Crippen LogP contribution in [0.4, 0.5) is 11.4 Å². The van der Waals surface area contributed by atoms with Crippen LogP contribution in [0.3, 0.4) is 0 Å². The van der Waals surface area contributed by atoms with Crippen molar-refractivity contribution in [3.05, 3.63) is 105 Å². The van der Waals surface area contributed by atoms with Crippen LogP contribution < -0.4 is 10.2 Å². The van der Waals surface area contributed by atoms with Crippen molar-refractivity contribution in [1.82, 2.24) is 0 Å². The van der Waals surface area contributed by atoms with Crippen LogP contribution in [-0.4, -0.2) is 11.7 Å². The van der Waals surface area contributed by atoms with Crippen molar-refractivity contribution in [2.45, 2.75) is 57.4 Å². The highest BCUT2D eigenvalue weighted by molar-refractivity contribution is 6.31. The number of carbonyl (C=O) groups excluding carboxylic acids is 2. The van der Waals surface area contributed by atoms with Crippen molar-refractivity contribution in [3.8, 4) is 0 Å². The zero-order chi connectivity index (χ0) is 25.9. The average molecular weight is 533 g/mol. The van der Waals surface area contributed by atoms with Gasteiger partial charge in [0.2, 0.25) is 5.91 Å². The number of rotatable bonds is 6. The second-order valence-corrected chi connectivity index (χ2v) is 10.7. The third-order valence-corrected chi connectivity index (χ3v) is 7.74. The Morgan fingerprint density at radius 2 is 1.70 bits per heavy atom. The van der Waals surface area contributed by atoms with E-state index in [1.807, 2.05) is 77.7 Å². The molecular formula is C31H30Cl2N2O2. The fourth-order valence-corrected chi connectivity index (χ4v) is 5.80. The number of amides is 1. The first-order valence-electron chi connectivity index (χ1n) is 12.9. The molecule has 2 aliphatic rings. The number of fused-ring (bicyclic) bond motifs is 1. The maximum absolute atomic E-state index is 14.0. The zero-order valence-electron chi connectivity index (χ0n) is 20.8. The highest BCUT2D eigenvalue weighted by Crippen LogP contribution is 2.48. The van der Waals surface area contributed by atoms with E-state index in [1.165, 1.54) is 0 Å². The Balaban J connectivity index is 1.66. The number of halogens is 2. The summed E-state index contributed by atoms with van der Waals surface area (Å²) in [6.07, 6.45) is 4.27. The number of allylic oxidation sites excluding steroid dienone is 1. The number of hydrogen-bond donors (Lipinski definition) is 1. The van der Waals surface area contributed by atoms with Crippen molar-refractivity contribution in [2.75, 3.05) is 10.2 Å². The van der Waals surface area contributed by atoms with Crippen LogP contribution in [0.2, 0.25) is 10.0 Å². The molecule has 0 saturated carbocycles. The number of para-hydroxylation sites is 2. The highest BCUT2D eigenvalue weighted by Gasteiger charge is 2.41. The van der Waals surface area contributed by atoms with E-state index in [0.29, 0.717) is 34.9 Å². The molecule has 0 bridgehead atoms. The number of unbranched alkanes of at least 4 members (excludes halogenated alkanes) is 2. The molecule has 0 unspecified atom stereocenters. The quantitative estimate of drug-likeness (QED) is 0.323. The number of Topliss-reactive ketones (excluding diaryl/α,β-unsaturated/α-hetero) is 1. The number of ketones is 1. The smallest absolute Gasteiger partial charge is 0.227 e. The number of anilines is 2. The summed E-state index contributed by atoms with van der Waals surface area (Å²) in [5.41, 5.74) is 5.02. The summed E-state index contributed by atoms with van der Waals surface area (Å²) in [7, 11) is 0. The molecule has 0 saturated heterocycles. The van der Waals surface area contributed by atoms with Gasteiger partial charge in [0.25, 0.3) is 0 Å². The van der Waals surface area contributed by atoms with E-state index in [-0.39, 0.29) is 17.6 Å². The summed E-state index contributed by atoms with van der Waals surface area (Å²) < 4.78 is 0. The lowest BCUT2D eigenvalue weighted by atomic mass is 9.78. The predicted octanol–water partition coefficient (Wildman–Crippen LogP) is 8.47. The summed E-state index contributed by atoms with van der Waals surface area (Å²) in [5.74, 6) is 0.0712. The molecule has 1 amide bonds. The molecule has 3 aromatic carbocycles. The van der Waals surface area contributed by atoms with Crippen LogP contribution in [0.1, 0.15) is 68.5 Å². The summed E-state index contributed by atoms with van der Waals surface area (Å²) in [5, 5.41) is 4.82. The van der Waals surface area contributed by atoms with Gasteiger partial charge in [-0.05, 0) is 66.3 Å². The second-order valence-electron chi connectivity index (χ2n) is 9.79. The minimum atomic E-state index is -0.558. The Morgan fingerprint density at radius 1 is 0.919 bits per heavy atom. The van der Waals surface area contributed by atoms with Gasteiger partial charge in [-0.2, -0.15) is 0 Å². The van der Waals surface area contributed by atoms with Gasteiger partial charge in [0, 0.05) is 34.2 Å². The minimum Gasteiger partial charge on any atom is -0.357 e. The second kappa shape index (κ2) is 11.1. The number of carbonyl (C=O) groups is 2. The Morgan fingerprint density at radius 3 is 2.46 bits per heavy atom. The van der Waals surface area contributed by atoms with Gasteiger partial charge in [-0.25, -0.2) is 0 Å². The van der Waals surface area contributed by atoms with Gasteiger partial charge < -0.3 is 5.32 Å². The van der Waals surface area contributed by atoms with Crippen LogP contribution in [0.15, 0.2) is 84.1 Å². The number of hydrogen-bond acceptors (Lipinski definition) is 3. The van der Waals surface area contributed by atoms with Crippen molar-refractivity contribution >= 4 is 46.3 Å². The first-order valence-corrected chi connectivity index (χ1v) is 13.7. The molecule has 1 N–H and O–H groups in total. The maximum Gasteiger partial charge on any atom is 0.227 e. The molecule has 3 aromatic rings. The van der Waals surface area contributed by atoms with Gasteiger partial charge in [-0.3, -0.25) is 14.5 Å². The SMILES string of the molecule is CCCCCC(=O)N1c2ccccc2NC2=C(C(=O)C[C@H](c3ccc(Cl)cc3)C2)[C@H]1c1cccc(Cl)c1. The van der Waals surface area contributed by atoms with Gasteiger partial charge in [0.1, 0.15) is 0 Å². The Labute approximate surface area is 228 Å². The molecule has 37 heavy (non-hydrogen) atoms. The number of nitrogens with one attached hydrogen (secondary N) is 1. The van der Waals surface area contributed by atoms with Crippen molar-refractivity contribution in [3.63, 3.8) is 0 Å². The van der Waals surface area contributed by atoms with Gasteiger partial charge in [0.05, 0.1) is 17.4 Å². The van der Waals surface area contributed by atoms with E-state index in [0.717, 1.165) is 47.5 Å². The average Bonchev–Trinajstić information content (AvgIpc) is 3.04. The molecule has 1 aliphatic heterocycles. The Hall–Kier alpha value is -3.08. The number of benzene rings is 3. The summed E-state index contributed by atoms with van der Waals surface area (Å²) in [6.45, 7) is 2.12. The van der Waals surface area contributed by atoms with Crippen LogP contribution in [-0.2, 0) is 9.59 Å². The van der Waals surface area contributed by atoms with E-state index in [1.54, 1.807) is 0 Å². The summed E-state index contributed by atoms with van der Waals surface area (Å²) >= 11 is 12.6. The molecule has 1 heterocycles. The van der Waals surface area contributed by atoms with Gasteiger partial charge in [-0.1, -0.05) is 79.4 Å². The molecule has 1 aliphatic carbocycles. The van der Waals surface area contributed by atoms with Crippen molar-refractivity contribution in [2.24, 2.45) is 0 Å². The Kier molecular flexibility index (Phi) is 7.68.